The Morgan fingerprint density at radius 1 is 1.58 bits per heavy atom. The zero-order valence-electron chi connectivity index (χ0n) is 7.74. The molecular weight excluding hydrogens is 158 g/mol. The molecule has 0 aliphatic carbocycles. The molecule has 0 saturated carbocycles. The summed E-state index contributed by atoms with van der Waals surface area (Å²) in [4.78, 5) is 13.5. The first-order chi connectivity index (χ1) is 5.63. The Balaban J connectivity index is 0.000000561. The molecule has 0 fully saturated rings. The summed E-state index contributed by atoms with van der Waals surface area (Å²) in [7, 11) is 1.61. The van der Waals surface area contributed by atoms with Gasteiger partial charge in [0.05, 0.1) is 7.05 Å². The number of hydrogen-bond donors (Lipinski definition) is 0. The van der Waals surface area contributed by atoms with E-state index in [4.69, 9.17) is 0 Å². The van der Waals surface area contributed by atoms with Crippen molar-refractivity contribution in [1.29, 1.82) is 0 Å². The Labute approximate surface area is 71.2 Å². The summed E-state index contributed by atoms with van der Waals surface area (Å²) in [6.07, 6.45) is 1.25. The van der Waals surface area contributed by atoms with Crippen LogP contribution in [0.3, 0.4) is 0 Å². The predicted octanol–water partition coefficient (Wildman–Crippen LogP) is 1.66. The van der Waals surface area contributed by atoms with E-state index in [0.717, 1.165) is 0 Å². The van der Waals surface area contributed by atoms with Crippen molar-refractivity contribution < 1.29 is 4.92 Å². The van der Waals surface area contributed by atoms with Gasteiger partial charge < -0.3 is 10.1 Å². The number of nitrogens with zero attached hydrogens (tertiary/aromatic N) is 3. The summed E-state index contributed by atoms with van der Waals surface area (Å²) in [5.74, 6) is 0.671. The largest absolute Gasteiger partial charge is 0.358 e. The third-order valence-electron chi connectivity index (χ3n) is 1.38. The molecule has 1 rings (SSSR count). The van der Waals surface area contributed by atoms with E-state index in [2.05, 4.69) is 4.98 Å². The molecule has 0 spiro atoms. The van der Waals surface area contributed by atoms with Gasteiger partial charge in [-0.3, -0.25) is 0 Å². The van der Waals surface area contributed by atoms with E-state index < -0.39 is 4.92 Å². The number of imidazole rings is 1. The van der Waals surface area contributed by atoms with E-state index in [-0.39, 0.29) is 5.82 Å². The predicted molar refractivity (Wildman–Crippen MR) is 45.9 cm³/mol. The monoisotopic (exact) mass is 171 g/mol. The second-order valence-corrected chi connectivity index (χ2v) is 1.98. The Hall–Kier alpha value is -1.39. The van der Waals surface area contributed by atoms with Crippen molar-refractivity contribution in [2.45, 2.75) is 20.8 Å². The van der Waals surface area contributed by atoms with E-state index in [1.807, 2.05) is 13.8 Å². The Bertz CT molecular complexity index is 268. The first-order valence-electron chi connectivity index (χ1n) is 3.75. The van der Waals surface area contributed by atoms with Crippen LogP contribution in [0.4, 0.5) is 5.82 Å². The SMILES string of the molecule is CC.Cc1ncc([N+](=O)[O-])n1C. The highest BCUT2D eigenvalue weighted by molar-refractivity contribution is 5.17. The van der Waals surface area contributed by atoms with Crippen LogP contribution < -0.4 is 0 Å². The highest BCUT2D eigenvalue weighted by Gasteiger charge is 2.11. The quantitative estimate of drug-likeness (QED) is 0.477. The van der Waals surface area contributed by atoms with E-state index in [1.54, 1.807) is 14.0 Å². The van der Waals surface area contributed by atoms with Gasteiger partial charge in [0, 0.05) is 6.92 Å². The second-order valence-electron chi connectivity index (χ2n) is 1.98. The van der Waals surface area contributed by atoms with Gasteiger partial charge in [0.1, 0.15) is 6.20 Å². The van der Waals surface area contributed by atoms with Gasteiger partial charge in [-0.25, -0.2) is 9.55 Å². The van der Waals surface area contributed by atoms with Gasteiger partial charge in [-0.2, -0.15) is 0 Å². The number of aromatic nitrogens is 2. The van der Waals surface area contributed by atoms with E-state index in [1.165, 1.54) is 10.8 Å². The summed E-state index contributed by atoms with van der Waals surface area (Å²) < 4.78 is 1.43. The highest BCUT2D eigenvalue weighted by atomic mass is 16.6. The molecule has 1 aromatic rings. The summed E-state index contributed by atoms with van der Waals surface area (Å²) in [5.41, 5.74) is 0. The lowest BCUT2D eigenvalue weighted by atomic mass is 10.7. The Morgan fingerprint density at radius 2 is 2.08 bits per heavy atom. The van der Waals surface area contributed by atoms with Crippen LogP contribution in [0.25, 0.3) is 0 Å². The van der Waals surface area contributed by atoms with E-state index in [0.29, 0.717) is 5.82 Å². The maximum Gasteiger partial charge on any atom is 0.342 e. The molecule has 5 heteroatoms. The molecule has 0 aliphatic rings. The molecular formula is C7H13N3O2. The van der Waals surface area contributed by atoms with Gasteiger partial charge in [0.15, 0.2) is 5.82 Å². The summed E-state index contributed by atoms with van der Waals surface area (Å²) in [6.45, 7) is 5.72. The third kappa shape index (κ3) is 2.05. The van der Waals surface area contributed by atoms with Crippen molar-refractivity contribution >= 4 is 5.82 Å². The fourth-order valence-corrected chi connectivity index (χ4v) is 0.660. The summed E-state index contributed by atoms with van der Waals surface area (Å²) in [5, 5.41) is 10.2. The van der Waals surface area contributed by atoms with Gasteiger partial charge in [-0.15, -0.1) is 0 Å². The molecule has 0 aromatic carbocycles. The van der Waals surface area contributed by atoms with Gasteiger partial charge >= 0.3 is 5.82 Å². The minimum absolute atomic E-state index is 0.0255. The van der Waals surface area contributed by atoms with Gasteiger partial charge in [0.2, 0.25) is 0 Å². The lowest BCUT2D eigenvalue weighted by Crippen LogP contribution is -1.97. The second kappa shape index (κ2) is 4.48. The molecule has 68 valence electrons. The lowest BCUT2D eigenvalue weighted by Gasteiger charge is -1.92. The first kappa shape index (κ1) is 10.6. The average molecular weight is 171 g/mol. The summed E-state index contributed by atoms with van der Waals surface area (Å²) >= 11 is 0. The van der Waals surface area contributed by atoms with Crippen LogP contribution in [-0.2, 0) is 7.05 Å². The first-order valence-corrected chi connectivity index (χ1v) is 3.75. The molecule has 5 nitrogen and oxygen atoms in total. The van der Waals surface area contributed by atoms with Crippen LogP contribution in [0.1, 0.15) is 19.7 Å². The van der Waals surface area contributed by atoms with Crippen molar-refractivity contribution in [2.24, 2.45) is 7.05 Å². The van der Waals surface area contributed by atoms with Crippen LogP contribution in [0.15, 0.2) is 6.20 Å². The van der Waals surface area contributed by atoms with Crippen LogP contribution in [0.5, 0.6) is 0 Å². The standard InChI is InChI=1S/C5H7N3O2.C2H6/c1-4-6-3-5(7(4)2)8(9)10;1-2/h3H,1-2H3;1-2H3. The van der Waals surface area contributed by atoms with Crippen LogP contribution in [0, 0.1) is 17.0 Å². The molecule has 0 aliphatic heterocycles. The van der Waals surface area contributed by atoms with Crippen LogP contribution >= 0.6 is 0 Å². The van der Waals surface area contributed by atoms with Crippen molar-refractivity contribution in [3.8, 4) is 0 Å². The molecule has 0 saturated heterocycles. The fourth-order valence-electron chi connectivity index (χ4n) is 0.660. The molecule has 1 aromatic heterocycles. The molecule has 0 N–H and O–H groups in total. The van der Waals surface area contributed by atoms with Crippen molar-refractivity contribution in [3.63, 3.8) is 0 Å². The Kier molecular flexibility index (Phi) is 3.96. The van der Waals surface area contributed by atoms with Crippen molar-refractivity contribution in [3.05, 3.63) is 22.1 Å². The average Bonchev–Trinajstić information content (AvgIpc) is 2.37. The minimum atomic E-state index is -0.458. The molecule has 0 atom stereocenters. The number of rotatable bonds is 1. The number of nitro groups is 1. The molecule has 12 heavy (non-hydrogen) atoms. The molecule has 1 heterocycles. The molecule has 0 bridgehead atoms. The van der Waals surface area contributed by atoms with Crippen molar-refractivity contribution in [2.75, 3.05) is 0 Å². The molecule has 0 amide bonds. The van der Waals surface area contributed by atoms with Gasteiger partial charge in [-0.05, 0) is 4.92 Å². The molecule has 0 radical (unpaired) electrons. The minimum Gasteiger partial charge on any atom is -0.358 e. The molecule has 0 unspecified atom stereocenters. The smallest absolute Gasteiger partial charge is 0.342 e. The number of aryl methyl sites for hydroxylation is 1. The fraction of sp³-hybridized carbons (Fsp3) is 0.571. The highest BCUT2D eigenvalue weighted by Crippen LogP contribution is 2.09. The zero-order chi connectivity index (χ0) is 9.72. The zero-order valence-corrected chi connectivity index (χ0v) is 7.74. The van der Waals surface area contributed by atoms with Gasteiger partial charge in [-0.1, -0.05) is 13.8 Å². The van der Waals surface area contributed by atoms with Crippen LogP contribution in [-0.4, -0.2) is 14.5 Å². The van der Waals surface area contributed by atoms with Crippen molar-refractivity contribution in [1.82, 2.24) is 9.55 Å². The summed E-state index contributed by atoms with van der Waals surface area (Å²) in [6, 6.07) is 0. The topological polar surface area (TPSA) is 61.0 Å². The third-order valence-corrected chi connectivity index (χ3v) is 1.38. The van der Waals surface area contributed by atoms with Gasteiger partial charge in [0.25, 0.3) is 0 Å². The normalized spacial score (nSPS) is 8.67. The lowest BCUT2D eigenvalue weighted by molar-refractivity contribution is -0.391. The Morgan fingerprint density at radius 3 is 2.25 bits per heavy atom. The van der Waals surface area contributed by atoms with E-state index >= 15 is 0 Å². The maximum atomic E-state index is 10.2. The van der Waals surface area contributed by atoms with E-state index in [9.17, 15) is 10.1 Å². The van der Waals surface area contributed by atoms with Crippen LogP contribution in [0.2, 0.25) is 0 Å². The number of hydrogen-bond acceptors (Lipinski definition) is 3. The maximum absolute atomic E-state index is 10.2.